The summed E-state index contributed by atoms with van der Waals surface area (Å²) in [6.45, 7) is 6.24. The first-order chi connectivity index (χ1) is 7.82. The molecule has 1 aliphatic rings. The molecule has 0 bridgehead atoms. The van der Waals surface area contributed by atoms with Gasteiger partial charge in [0.1, 0.15) is 0 Å². The van der Waals surface area contributed by atoms with Crippen LogP contribution in [0.4, 0.5) is 4.39 Å². The summed E-state index contributed by atoms with van der Waals surface area (Å²) in [5.41, 5.74) is -0.390. The van der Waals surface area contributed by atoms with Gasteiger partial charge < -0.3 is 5.11 Å². The third kappa shape index (κ3) is 3.43. The van der Waals surface area contributed by atoms with E-state index in [-0.39, 0.29) is 5.41 Å². The molecule has 1 N–H and O–H groups in total. The van der Waals surface area contributed by atoms with Crippen molar-refractivity contribution in [3.05, 3.63) is 0 Å². The molecule has 1 fully saturated rings. The van der Waals surface area contributed by atoms with E-state index >= 15 is 0 Å². The second-order valence-electron chi connectivity index (χ2n) is 6.52. The minimum atomic E-state index is -0.724. The largest absolute Gasteiger partial charge is 0.481 e. The van der Waals surface area contributed by atoms with Gasteiger partial charge in [-0.25, -0.2) is 0 Å². The Morgan fingerprint density at radius 3 is 2.24 bits per heavy atom. The van der Waals surface area contributed by atoms with Crippen molar-refractivity contribution in [2.75, 3.05) is 6.67 Å². The Kier molecular flexibility index (Phi) is 4.56. The first kappa shape index (κ1) is 14.5. The Labute approximate surface area is 104 Å². The highest BCUT2D eigenvalue weighted by Gasteiger charge is 2.43. The van der Waals surface area contributed by atoms with Crippen LogP contribution in [0.3, 0.4) is 0 Å². The van der Waals surface area contributed by atoms with Crippen molar-refractivity contribution in [3.63, 3.8) is 0 Å². The zero-order valence-corrected chi connectivity index (χ0v) is 11.3. The van der Waals surface area contributed by atoms with Gasteiger partial charge in [0.2, 0.25) is 0 Å². The number of hydrogen-bond acceptors (Lipinski definition) is 1. The number of hydrogen-bond donors (Lipinski definition) is 1. The molecule has 0 radical (unpaired) electrons. The number of halogens is 1. The highest BCUT2D eigenvalue weighted by molar-refractivity contribution is 5.74. The highest BCUT2D eigenvalue weighted by Crippen LogP contribution is 2.47. The summed E-state index contributed by atoms with van der Waals surface area (Å²) in [6, 6.07) is 0. The summed E-state index contributed by atoms with van der Waals surface area (Å²) in [4.78, 5) is 11.4. The lowest BCUT2D eigenvalue weighted by atomic mass is 9.63. The standard InChI is InChI=1S/C14H25FO2/c1-13(2,3)11-5-8-14(9-6-11,12(16)17)7-4-10-15/h11H,4-10H2,1-3H3,(H,16,17). The van der Waals surface area contributed by atoms with Crippen LogP contribution in [0.15, 0.2) is 0 Å². The Hall–Kier alpha value is -0.600. The van der Waals surface area contributed by atoms with Gasteiger partial charge in [0.05, 0.1) is 12.1 Å². The summed E-state index contributed by atoms with van der Waals surface area (Å²) in [5.74, 6) is -0.126. The third-order valence-electron chi connectivity index (χ3n) is 4.41. The SMILES string of the molecule is CC(C)(C)C1CCC(CCCF)(C(=O)O)CC1. The third-order valence-corrected chi connectivity index (χ3v) is 4.41. The Morgan fingerprint density at radius 2 is 1.88 bits per heavy atom. The van der Waals surface area contributed by atoms with E-state index in [0.717, 1.165) is 12.8 Å². The smallest absolute Gasteiger partial charge is 0.309 e. The molecular formula is C14H25FO2. The highest BCUT2D eigenvalue weighted by atomic mass is 19.1. The summed E-state index contributed by atoms with van der Waals surface area (Å²) in [7, 11) is 0. The fourth-order valence-corrected chi connectivity index (χ4v) is 3.01. The molecule has 0 aromatic rings. The number of aliphatic carboxylic acids is 1. The van der Waals surface area contributed by atoms with Crippen molar-refractivity contribution < 1.29 is 14.3 Å². The lowest BCUT2D eigenvalue weighted by Crippen LogP contribution is -2.38. The van der Waals surface area contributed by atoms with Gasteiger partial charge in [0.15, 0.2) is 0 Å². The normalized spacial score (nSPS) is 30.2. The molecule has 0 aromatic carbocycles. The van der Waals surface area contributed by atoms with Gasteiger partial charge in [0.25, 0.3) is 0 Å². The first-order valence-electron chi connectivity index (χ1n) is 6.61. The maximum absolute atomic E-state index is 12.3. The van der Waals surface area contributed by atoms with Crippen LogP contribution in [0.2, 0.25) is 0 Å². The molecule has 0 amide bonds. The molecule has 0 aromatic heterocycles. The minimum Gasteiger partial charge on any atom is -0.481 e. The van der Waals surface area contributed by atoms with E-state index in [1.165, 1.54) is 0 Å². The Morgan fingerprint density at radius 1 is 1.35 bits per heavy atom. The van der Waals surface area contributed by atoms with Gasteiger partial charge in [-0.15, -0.1) is 0 Å². The summed E-state index contributed by atoms with van der Waals surface area (Å²) in [5, 5.41) is 9.38. The molecule has 0 unspecified atom stereocenters. The topological polar surface area (TPSA) is 37.3 Å². The van der Waals surface area contributed by atoms with Crippen molar-refractivity contribution in [3.8, 4) is 0 Å². The Bertz CT molecular complexity index is 260. The number of rotatable bonds is 4. The van der Waals surface area contributed by atoms with E-state index in [0.29, 0.717) is 31.6 Å². The fourth-order valence-electron chi connectivity index (χ4n) is 3.01. The summed E-state index contributed by atoms with van der Waals surface area (Å²) in [6.07, 6.45) is 4.22. The quantitative estimate of drug-likeness (QED) is 0.810. The van der Waals surface area contributed by atoms with Crippen molar-refractivity contribution in [1.82, 2.24) is 0 Å². The van der Waals surface area contributed by atoms with Crippen molar-refractivity contribution in [2.45, 2.75) is 59.3 Å². The van der Waals surface area contributed by atoms with Crippen LogP contribution >= 0.6 is 0 Å². The molecule has 3 heteroatoms. The molecular weight excluding hydrogens is 219 g/mol. The van der Waals surface area contributed by atoms with Crippen LogP contribution in [-0.2, 0) is 4.79 Å². The zero-order valence-electron chi connectivity index (χ0n) is 11.3. The van der Waals surface area contributed by atoms with E-state index in [2.05, 4.69) is 20.8 Å². The monoisotopic (exact) mass is 244 g/mol. The number of alkyl halides is 1. The first-order valence-corrected chi connectivity index (χ1v) is 6.61. The van der Waals surface area contributed by atoms with E-state index in [1.807, 2.05) is 0 Å². The van der Waals surface area contributed by atoms with Crippen LogP contribution in [0.25, 0.3) is 0 Å². The number of carboxylic acids is 1. The second kappa shape index (κ2) is 5.36. The van der Waals surface area contributed by atoms with E-state index in [9.17, 15) is 14.3 Å². The molecule has 0 heterocycles. The van der Waals surface area contributed by atoms with Crippen LogP contribution < -0.4 is 0 Å². The maximum Gasteiger partial charge on any atom is 0.309 e. The number of carboxylic acid groups (broad SMARTS) is 1. The van der Waals surface area contributed by atoms with E-state index in [4.69, 9.17) is 0 Å². The maximum atomic E-state index is 12.3. The summed E-state index contributed by atoms with van der Waals surface area (Å²) < 4.78 is 12.3. The predicted octanol–water partition coefficient (Wildman–Crippen LogP) is 4.04. The molecule has 1 saturated carbocycles. The molecule has 1 rings (SSSR count). The van der Waals surface area contributed by atoms with Gasteiger partial charge in [-0.2, -0.15) is 0 Å². The average molecular weight is 244 g/mol. The molecule has 0 atom stereocenters. The van der Waals surface area contributed by atoms with Crippen molar-refractivity contribution in [1.29, 1.82) is 0 Å². The average Bonchev–Trinajstić information content (AvgIpc) is 2.25. The minimum absolute atomic E-state index is 0.255. The van der Waals surface area contributed by atoms with Gasteiger partial charge in [-0.05, 0) is 49.9 Å². The molecule has 1 aliphatic carbocycles. The van der Waals surface area contributed by atoms with Gasteiger partial charge in [-0.1, -0.05) is 20.8 Å². The molecule has 0 spiro atoms. The van der Waals surface area contributed by atoms with Crippen molar-refractivity contribution in [2.24, 2.45) is 16.7 Å². The zero-order chi connectivity index (χ0) is 13.1. The van der Waals surface area contributed by atoms with Gasteiger partial charge >= 0.3 is 5.97 Å². The number of carbonyl (C=O) groups is 1. The van der Waals surface area contributed by atoms with Crippen LogP contribution in [0.5, 0.6) is 0 Å². The molecule has 2 nitrogen and oxygen atoms in total. The lowest BCUT2D eigenvalue weighted by molar-refractivity contribution is -0.153. The van der Waals surface area contributed by atoms with Crippen LogP contribution in [0.1, 0.15) is 59.3 Å². The Balaban J connectivity index is 2.64. The van der Waals surface area contributed by atoms with Crippen LogP contribution in [-0.4, -0.2) is 17.8 Å². The lowest BCUT2D eigenvalue weighted by Gasteiger charge is -2.41. The van der Waals surface area contributed by atoms with Gasteiger partial charge in [0, 0.05) is 0 Å². The molecule has 17 heavy (non-hydrogen) atoms. The van der Waals surface area contributed by atoms with E-state index < -0.39 is 18.1 Å². The van der Waals surface area contributed by atoms with E-state index in [1.54, 1.807) is 0 Å². The molecule has 0 aliphatic heterocycles. The molecule has 100 valence electrons. The summed E-state index contributed by atoms with van der Waals surface area (Å²) >= 11 is 0. The van der Waals surface area contributed by atoms with Crippen LogP contribution in [0, 0.1) is 16.7 Å². The second-order valence-corrected chi connectivity index (χ2v) is 6.52. The molecule has 0 saturated heterocycles. The van der Waals surface area contributed by atoms with Crippen molar-refractivity contribution >= 4 is 5.97 Å². The van der Waals surface area contributed by atoms with Gasteiger partial charge in [-0.3, -0.25) is 9.18 Å². The fraction of sp³-hybridized carbons (Fsp3) is 0.929. The predicted molar refractivity (Wildman–Crippen MR) is 66.7 cm³/mol.